The van der Waals surface area contributed by atoms with Gasteiger partial charge in [-0.25, -0.2) is 0 Å². The molecule has 0 bridgehead atoms. The van der Waals surface area contributed by atoms with Gasteiger partial charge in [-0.3, -0.25) is 4.79 Å². The molecule has 0 atom stereocenters. The SMILES string of the molecule is Cc1c(Cl)cccc1NC(=O)/C(C#N)=C\c1cc(C)n(-c2ccc(N(C)C)cc2)c1C. The molecule has 0 saturated carbocycles. The first-order chi connectivity index (χ1) is 14.7. The lowest BCUT2D eigenvalue weighted by Gasteiger charge is -2.15. The van der Waals surface area contributed by atoms with E-state index >= 15 is 0 Å². The van der Waals surface area contributed by atoms with E-state index in [1.54, 1.807) is 24.3 Å². The Labute approximate surface area is 188 Å². The highest BCUT2D eigenvalue weighted by Gasteiger charge is 2.15. The highest BCUT2D eigenvalue weighted by Crippen LogP contribution is 2.26. The summed E-state index contributed by atoms with van der Waals surface area (Å²) in [6, 6.07) is 17.5. The summed E-state index contributed by atoms with van der Waals surface area (Å²) in [7, 11) is 4.01. The molecule has 1 heterocycles. The third kappa shape index (κ3) is 4.65. The lowest BCUT2D eigenvalue weighted by molar-refractivity contribution is -0.112. The Morgan fingerprint density at radius 2 is 1.81 bits per heavy atom. The van der Waals surface area contributed by atoms with Gasteiger partial charge >= 0.3 is 0 Å². The molecule has 0 radical (unpaired) electrons. The lowest BCUT2D eigenvalue weighted by Crippen LogP contribution is -2.14. The van der Waals surface area contributed by atoms with Crippen LogP contribution in [0.3, 0.4) is 0 Å². The summed E-state index contributed by atoms with van der Waals surface area (Å²) in [5, 5.41) is 13.0. The minimum atomic E-state index is -0.465. The number of hydrogen-bond acceptors (Lipinski definition) is 3. The van der Waals surface area contributed by atoms with Crippen LogP contribution in [0.2, 0.25) is 5.02 Å². The van der Waals surface area contributed by atoms with Gasteiger partial charge in [-0.2, -0.15) is 5.26 Å². The molecule has 0 spiro atoms. The van der Waals surface area contributed by atoms with Gasteiger partial charge in [0, 0.05) is 47.6 Å². The van der Waals surface area contributed by atoms with Gasteiger partial charge in [0.2, 0.25) is 0 Å². The summed E-state index contributed by atoms with van der Waals surface area (Å²) in [6.45, 7) is 5.81. The zero-order valence-electron chi connectivity index (χ0n) is 18.3. The van der Waals surface area contributed by atoms with Gasteiger partial charge in [0.15, 0.2) is 0 Å². The summed E-state index contributed by atoms with van der Waals surface area (Å²) in [5.74, 6) is -0.465. The maximum absolute atomic E-state index is 12.7. The predicted molar refractivity (Wildman–Crippen MR) is 128 cm³/mol. The van der Waals surface area contributed by atoms with Gasteiger partial charge in [0.25, 0.3) is 5.91 Å². The van der Waals surface area contributed by atoms with Crippen LogP contribution in [0.5, 0.6) is 0 Å². The fourth-order valence-electron chi connectivity index (χ4n) is 3.47. The van der Waals surface area contributed by atoms with Crippen LogP contribution in [0.4, 0.5) is 11.4 Å². The van der Waals surface area contributed by atoms with Crippen LogP contribution in [-0.4, -0.2) is 24.6 Å². The fraction of sp³-hybridized carbons (Fsp3) is 0.200. The van der Waals surface area contributed by atoms with E-state index in [1.165, 1.54) is 0 Å². The van der Waals surface area contributed by atoms with Crippen LogP contribution < -0.4 is 10.2 Å². The normalized spacial score (nSPS) is 11.2. The maximum Gasteiger partial charge on any atom is 0.266 e. The molecule has 1 amide bonds. The number of aryl methyl sites for hydroxylation is 1. The predicted octanol–water partition coefficient (Wildman–Crippen LogP) is 5.67. The zero-order chi connectivity index (χ0) is 22.7. The Morgan fingerprint density at radius 1 is 1.13 bits per heavy atom. The Morgan fingerprint density at radius 3 is 2.42 bits per heavy atom. The quantitative estimate of drug-likeness (QED) is 0.417. The van der Waals surface area contributed by atoms with Crippen molar-refractivity contribution in [3.8, 4) is 11.8 Å². The second kappa shape index (κ2) is 9.11. The molecule has 0 aliphatic carbocycles. The molecular weight excluding hydrogens is 408 g/mol. The van der Waals surface area contributed by atoms with Gasteiger partial charge in [0.05, 0.1) is 0 Å². The third-order valence-corrected chi connectivity index (χ3v) is 5.68. The fourth-order valence-corrected chi connectivity index (χ4v) is 3.64. The Balaban J connectivity index is 1.93. The Kier molecular flexibility index (Phi) is 6.53. The van der Waals surface area contributed by atoms with E-state index in [4.69, 9.17) is 11.6 Å². The topological polar surface area (TPSA) is 61.1 Å². The number of nitrogens with zero attached hydrogens (tertiary/aromatic N) is 3. The van der Waals surface area contributed by atoms with Crippen LogP contribution >= 0.6 is 11.6 Å². The summed E-state index contributed by atoms with van der Waals surface area (Å²) in [6.07, 6.45) is 1.63. The van der Waals surface area contributed by atoms with Crippen molar-refractivity contribution in [2.45, 2.75) is 20.8 Å². The first-order valence-corrected chi connectivity index (χ1v) is 10.3. The van der Waals surface area contributed by atoms with E-state index < -0.39 is 5.91 Å². The van der Waals surface area contributed by atoms with Gasteiger partial charge in [-0.15, -0.1) is 0 Å². The summed E-state index contributed by atoms with van der Waals surface area (Å²) in [5.41, 5.74) is 6.31. The molecule has 1 aromatic heterocycles. The molecule has 31 heavy (non-hydrogen) atoms. The summed E-state index contributed by atoms with van der Waals surface area (Å²) >= 11 is 6.13. The van der Waals surface area contributed by atoms with Crippen molar-refractivity contribution in [2.24, 2.45) is 0 Å². The van der Waals surface area contributed by atoms with Crippen molar-refractivity contribution >= 4 is 35.0 Å². The number of aromatic nitrogens is 1. The van der Waals surface area contributed by atoms with Crippen LogP contribution in [0.25, 0.3) is 11.8 Å². The number of nitrogens with one attached hydrogen (secondary N) is 1. The Hall–Kier alpha value is -3.49. The average molecular weight is 433 g/mol. The highest BCUT2D eigenvalue weighted by atomic mass is 35.5. The number of carbonyl (C=O) groups excluding carboxylic acids is 1. The first kappa shape index (κ1) is 22.2. The van der Waals surface area contributed by atoms with E-state index in [-0.39, 0.29) is 5.57 Å². The number of amides is 1. The average Bonchev–Trinajstić information content (AvgIpc) is 3.02. The third-order valence-electron chi connectivity index (χ3n) is 5.28. The molecule has 2 aromatic carbocycles. The molecule has 0 fully saturated rings. The molecule has 0 aliphatic heterocycles. The van der Waals surface area contributed by atoms with E-state index in [9.17, 15) is 10.1 Å². The summed E-state index contributed by atoms with van der Waals surface area (Å²) in [4.78, 5) is 14.8. The zero-order valence-corrected chi connectivity index (χ0v) is 19.1. The van der Waals surface area contributed by atoms with Crippen molar-refractivity contribution in [3.63, 3.8) is 0 Å². The minimum Gasteiger partial charge on any atom is -0.378 e. The summed E-state index contributed by atoms with van der Waals surface area (Å²) < 4.78 is 2.11. The van der Waals surface area contributed by atoms with E-state index in [0.29, 0.717) is 10.7 Å². The smallest absolute Gasteiger partial charge is 0.266 e. The number of hydrogen-bond donors (Lipinski definition) is 1. The number of halogens is 1. The van der Waals surface area contributed by atoms with Crippen molar-refractivity contribution in [3.05, 3.63) is 81.6 Å². The van der Waals surface area contributed by atoms with Gasteiger partial charge in [0.1, 0.15) is 11.6 Å². The molecular formula is C25H25ClN4O. The molecule has 0 unspecified atom stereocenters. The number of rotatable bonds is 5. The van der Waals surface area contributed by atoms with E-state index in [2.05, 4.69) is 34.1 Å². The van der Waals surface area contributed by atoms with Gasteiger partial charge < -0.3 is 14.8 Å². The molecule has 3 aromatic rings. The lowest BCUT2D eigenvalue weighted by atomic mass is 10.1. The number of anilines is 2. The highest BCUT2D eigenvalue weighted by molar-refractivity contribution is 6.31. The van der Waals surface area contributed by atoms with Crippen LogP contribution in [0.15, 0.2) is 54.1 Å². The van der Waals surface area contributed by atoms with Crippen molar-refractivity contribution in [1.29, 1.82) is 5.26 Å². The molecule has 0 aliphatic rings. The molecule has 158 valence electrons. The molecule has 1 N–H and O–H groups in total. The monoisotopic (exact) mass is 432 g/mol. The van der Waals surface area contributed by atoms with Crippen LogP contribution in [0.1, 0.15) is 22.5 Å². The van der Waals surface area contributed by atoms with Crippen molar-refractivity contribution in [1.82, 2.24) is 4.57 Å². The largest absolute Gasteiger partial charge is 0.378 e. The first-order valence-electron chi connectivity index (χ1n) is 9.88. The molecule has 3 rings (SSSR count). The second-order valence-corrected chi connectivity index (χ2v) is 8.02. The van der Waals surface area contributed by atoms with Crippen LogP contribution in [0, 0.1) is 32.1 Å². The van der Waals surface area contributed by atoms with E-state index in [1.807, 2.05) is 51.9 Å². The van der Waals surface area contributed by atoms with Crippen molar-refractivity contribution in [2.75, 3.05) is 24.3 Å². The van der Waals surface area contributed by atoms with Gasteiger partial charge in [-0.05, 0) is 80.4 Å². The number of carbonyl (C=O) groups is 1. The number of benzene rings is 2. The standard InChI is InChI=1S/C25H25ClN4O/c1-16-13-19(18(3)30(16)22-11-9-21(10-12-22)29(4)5)14-20(15-27)25(31)28-24-8-6-7-23(26)17(24)2/h6-14H,1-5H3,(H,28,31)/b20-14-. The second-order valence-electron chi connectivity index (χ2n) is 7.61. The van der Waals surface area contributed by atoms with Crippen molar-refractivity contribution < 1.29 is 4.79 Å². The number of nitriles is 1. The Bertz CT molecular complexity index is 1200. The van der Waals surface area contributed by atoms with E-state index in [0.717, 1.165) is 33.9 Å². The molecule has 5 nitrogen and oxygen atoms in total. The van der Waals surface area contributed by atoms with Gasteiger partial charge in [-0.1, -0.05) is 17.7 Å². The minimum absolute atomic E-state index is 0.0302. The maximum atomic E-state index is 12.7. The molecule has 6 heteroatoms. The molecule has 0 saturated heterocycles. The van der Waals surface area contributed by atoms with Crippen LogP contribution in [-0.2, 0) is 4.79 Å².